The third-order valence-electron chi connectivity index (χ3n) is 5.86. The molecular weight excluding hydrogens is 490 g/mol. The van der Waals surface area contributed by atoms with E-state index in [1.54, 1.807) is 12.1 Å². The lowest BCUT2D eigenvalue weighted by Gasteiger charge is -2.39. The first-order valence-electron chi connectivity index (χ1n) is 11.7. The molecule has 0 bridgehead atoms. The number of halogens is 2. The zero-order valence-corrected chi connectivity index (χ0v) is 23.0. The van der Waals surface area contributed by atoms with Gasteiger partial charge in [-0.25, -0.2) is 4.67 Å². The summed E-state index contributed by atoms with van der Waals surface area (Å²) in [6, 6.07) is 12.8. The summed E-state index contributed by atoms with van der Waals surface area (Å²) in [5.74, 6) is -0.121. The Morgan fingerprint density at radius 3 is 2.26 bits per heavy atom. The molecule has 8 heteroatoms. The number of amides is 1. The minimum absolute atomic E-state index is 0.0243. The summed E-state index contributed by atoms with van der Waals surface area (Å²) in [6.07, 6.45) is 1.45. The second-order valence-electron chi connectivity index (χ2n) is 10.4. The largest absolute Gasteiger partial charge is 0.349 e. The van der Waals surface area contributed by atoms with Crippen LogP contribution in [0.4, 0.5) is 0 Å². The Labute approximate surface area is 213 Å². The van der Waals surface area contributed by atoms with Crippen LogP contribution < -0.4 is 5.32 Å². The van der Waals surface area contributed by atoms with Crippen molar-refractivity contribution in [3.05, 3.63) is 58.1 Å². The molecule has 3 rings (SSSR count). The molecule has 1 aliphatic rings. The van der Waals surface area contributed by atoms with E-state index < -0.39 is 7.52 Å². The molecule has 1 saturated heterocycles. The van der Waals surface area contributed by atoms with E-state index in [0.717, 1.165) is 24.0 Å². The molecule has 1 unspecified atom stereocenters. The molecule has 34 heavy (non-hydrogen) atoms. The third-order valence-corrected chi connectivity index (χ3v) is 9.29. The smallest absolute Gasteiger partial charge is 0.274 e. The van der Waals surface area contributed by atoms with Gasteiger partial charge in [-0.15, -0.1) is 0 Å². The van der Waals surface area contributed by atoms with E-state index in [-0.39, 0.29) is 23.0 Å². The molecular formula is C26H35Cl2N2O3P. The van der Waals surface area contributed by atoms with Crippen molar-refractivity contribution < 1.29 is 13.9 Å². The van der Waals surface area contributed by atoms with Crippen LogP contribution in [0.3, 0.4) is 0 Å². The maximum absolute atomic E-state index is 13.7. The Morgan fingerprint density at radius 2 is 1.71 bits per heavy atom. The average molecular weight is 525 g/mol. The van der Waals surface area contributed by atoms with Gasteiger partial charge in [0.2, 0.25) is 0 Å². The van der Waals surface area contributed by atoms with Gasteiger partial charge in [0.15, 0.2) is 0 Å². The summed E-state index contributed by atoms with van der Waals surface area (Å²) in [6.45, 7) is 11.9. The first kappa shape index (κ1) is 27.2. The molecule has 0 aliphatic carbocycles. The molecule has 0 radical (unpaired) electrons. The number of hydrogen-bond acceptors (Lipinski definition) is 3. The number of carbonyl (C=O) groups is 1. The summed E-state index contributed by atoms with van der Waals surface area (Å²) < 4.78 is 21.7. The molecule has 1 aliphatic heterocycles. The minimum Gasteiger partial charge on any atom is -0.349 e. The zero-order valence-electron chi connectivity index (χ0n) is 20.6. The minimum atomic E-state index is -2.93. The molecule has 186 valence electrons. The van der Waals surface area contributed by atoms with Gasteiger partial charge in [0.25, 0.3) is 13.4 Å². The van der Waals surface area contributed by atoms with Crippen LogP contribution in [0.2, 0.25) is 10.0 Å². The summed E-state index contributed by atoms with van der Waals surface area (Å²) in [5, 5.41) is 4.25. The molecule has 1 fully saturated rings. The van der Waals surface area contributed by atoms with Gasteiger partial charge in [-0.1, -0.05) is 70.0 Å². The summed E-state index contributed by atoms with van der Waals surface area (Å²) in [5.41, 5.74) is 2.18. The Bertz CT molecular complexity index is 1040. The van der Waals surface area contributed by atoms with Crippen molar-refractivity contribution in [1.82, 2.24) is 9.99 Å². The number of benzene rings is 2. The van der Waals surface area contributed by atoms with Gasteiger partial charge in [-0.05, 0) is 59.7 Å². The average Bonchev–Trinajstić information content (AvgIpc) is 2.76. The molecule has 0 saturated carbocycles. The van der Waals surface area contributed by atoms with E-state index in [1.807, 2.05) is 48.8 Å². The van der Waals surface area contributed by atoms with Gasteiger partial charge >= 0.3 is 0 Å². The van der Waals surface area contributed by atoms with Crippen molar-refractivity contribution in [1.29, 1.82) is 0 Å². The van der Waals surface area contributed by atoms with Crippen molar-refractivity contribution in [2.75, 3.05) is 19.7 Å². The maximum Gasteiger partial charge on any atom is 0.274 e. The van der Waals surface area contributed by atoms with Gasteiger partial charge in [-0.2, -0.15) is 0 Å². The highest BCUT2D eigenvalue weighted by molar-refractivity contribution is 7.57. The van der Waals surface area contributed by atoms with E-state index in [2.05, 4.69) is 26.1 Å². The van der Waals surface area contributed by atoms with E-state index in [1.165, 1.54) is 0 Å². The van der Waals surface area contributed by atoms with E-state index >= 15 is 0 Å². The van der Waals surface area contributed by atoms with Crippen LogP contribution in [-0.4, -0.2) is 42.0 Å². The van der Waals surface area contributed by atoms with Crippen molar-refractivity contribution in [3.8, 4) is 11.1 Å². The van der Waals surface area contributed by atoms with E-state index in [4.69, 9.17) is 27.7 Å². The Balaban J connectivity index is 1.63. The highest BCUT2D eigenvalue weighted by atomic mass is 35.5. The van der Waals surface area contributed by atoms with Crippen molar-refractivity contribution >= 4 is 36.6 Å². The molecule has 1 heterocycles. The lowest BCUT2D eigenvalue weighted by atomic mass is 9.99. The van der Waals surface area contributed by atoms with Crippen LogP contribution in [0.15, 0.2) is 42.5 Å². The van der Waals surface area contributed by atoms with Crippen molar-refractivity contribution in [2.24, 2.45) is 5.41 Å². The molecule has 1 N–H and O–H groups in total. The molecule has 0 spiro atoms. The second kappa shape index (κ2) is 11.1. The van der Waals surface area contributed by atoms with E-state index in [9.17, 15) is 9.36 Å². The highest BCUT2D eigenvalue weighted by Crippen LogP contribution is 2.56. The molecule has 2 aromatic rings. The van der Waals surface area contributed by atoms with Gasteiger partial charge in [0.05, 0.1) is 6.61 Å². The number of piperidine rings is 1. The summed E-state index contributed by atoms with van der Waals surface area (Å²) in [7, 11) is -2.93. The first-order valence-corrected chi connectivity index (χ1v) is 14.1. The van der Waals surface area contributed by atoms with Crippen molar-refractivity contribution in [3.63, 3.8) is 0 Å². The van der Waals surface area contributed by atoms with Crippen LogP contribution in [-0.2, 0) is 9.09 Å². The summed E-state index contributed by atoms with van der Waals surface area (Å²) in [4.78, 5) is 13.0. The Hall–Kier alpha value is -1.36. The summed E-state index contributed by atoms with van der Waals surface area (Å²) >= 11 is 12.3. The lowest BCUT2D eigenvalue weighted by molar-refractivity contribution is 0.0920. The number of nitrogens with one attached hydrogen (secondary N) is 1. The monoisotopic (exact) mass is 524 g/mol. The Morgan fingerprint density at radius 1 is 1.09 bits per heavy atom. The molecule has 1 amide bonds. The van der Waals surface area contributed by atoms with Gasteiger partial charge in [0.1, 0.15) is 0 Å². The SMILES string of the molecule is CC(C)P(=O)(OCC(C)(C)C)N1CCC(NC(=O)c2cccc(-c3cc(Cl)cc(Cl)c3)c2)CC1. The van der Waals surface area contributed by atoms with Gasteiger partial charge in [0, 0.05) is 40.4 Å². The van der Waals surface area contributed by atoms with Crippen LogP contribution in [0.25, 0.3) is 11.1 Å². The number of hydrogen-bond donors (Lipinski definition) is 1. The molecule has 2 aromatic carbocycles. The Kier molecular flexibility index (Phi) is 8.92. The zero-order chi connectivity index (χ0) is 25.1. The number of carbonyl (C=O) groups excluding carboxylic acids is 1. The molecule has 5 nitrogen and oxygen atoms in total. The fourth-order valence-electron chi connectivity index (χ4n) is 3.96. The molecule has 1 atom stereocenters. The van der Waals surface area contributed by atoms with Crippen molar-refractivity contribution in [2.45, 2.75) is 59.2 Å². The topological polar surface area (TPSA) is 58.6 Å². The standard InChI is InChI=1S/C26H35Cl2N2O3P/c1-18(2)34(32,33-17-26(3,4)5)30-11-9-24(10-12-30)29-25(31)20-8-6-7-19(13-20)21-14-22(27)16-23(28)15-21/h6-8,13-16,18,24H,9-12,17H2,1-5H3,(H,29,31). The fraction of sp³-hybridized carbons (Fsp3) is 0.500. The fourth-order valence-corrected chi connectivity index (χ4v) is 6.96. The van der Waals surface area contributed by atoms with Crippen LogP contribution in [0.1, 0.15) is 57.8 Å². The predicted molar refractivity (Wildman–Crippen MR) is 142 cm³/mol. The second-order valence-corrected chi connectivity index (χ2v) is 14.3. The normalized spacial score (nSPS) is 17.5. The number of rotatable bonds is 7. The van der Waals surface area contributed by atoms with E-state index in [0.29, 0.717) is 35.3 Å². The maximum atomic E-state index is 13.7. The van der Waals surface area contributed by atoms with Crippen LogP contribution in [0.5, 0.6) is 0 Å². The highest BCUT2D eigenvalue weighted by Gasteiger charge is 2.38. The van der Waals surface area contributed by atoms with Crippen LogP contribution >= 0.6 is 30.7 Å². The quantitative estimate of drug-likeness (QED) is 0.380. The van der Waals surface area contributed by atoms with Crippen LogP contribution in [0, 0.1) is 5.41 Å². The molecule has 0 aromatic heterocycles. The van der Waals surface area contributed by atoms with Gasteiger partial charge in [-0.3, -0.25) is 9.36 Å². The third kappa shape index (κ3) is 7.08. The van der Waals surface area contributed by atoms with Gasteiger partial charge < -0.3 is 9.84 Å². The predicted octanol–water partition coefficient (Wildman–Crippen LogP) is 7.52. The first-order chi connectivity index (χ1) is 15.9. The number of nitrogens with zero attached hydrogens (tertiary/aromatic N) is 1. The lowest BCUT2D eigenvalue weighted by Crippen LogP contribution is -2.44.